The van der Waals surface area contributed by atoms with Crippen LogP contribution in [0.25, 0.3) is 10.8 Å². The summed E-state index contributed by atoms with van der Waals surface area (Å²) in [5, 5.41) is 0.886. The number of methoxy groups -OCH3 is 1. The van der Waals surface area contributed by atoms with Gasteiger partial charge >= 0.3 is 5.63 Å². The molecule has 104 valence electrons. The molecule has 0 aliphatic carbocycles. The molecule has 2 aromatic carbocycles. The van der Waals surface area contributed by atoms with Crippen LogP contribution in [-0.2, 0) is 0 Å². The van der Waals surface area contributed by atoms with Gasteiger partial charge in [-0.05, 0) is 6.07 Å². The van der Waals surface area contributed by atoms with Crippen LogP contribution in [0.3, 0.4) is 0 Å². The van der Waals surface area contributed by atoms with E-state index in [1.165, 1.54) is 7.11 Å². The Labute approximate surface area is 120 Å². The van der Waals surface area contributed by atoms with Crippen LogP contribution >= 0.6 is 0 Å². The fourth-order valence-corrected chi connectivity index (χ4v) is 2.27. The molecule has 0 atom stereocenters. The number of ether oxygens (including phenoxy) is 1. The van der Waals surface area contributed by atoms with Crippen molar-refractivity contribution in [3.05, 3.63) is 76.1 Å². The van der Waals surface area contributed by atoms with Crippen molar-refractivity contribution in [2.45, 2.75) is 0 Å². The molecule has 21 heavy (non-hydrogen) atoms. The molecule has 0 unspecified atom stereocenters. The van der Waals surface area contributed by atoms with Gasteiger partial charge in [0.2, 0.25) is 5.78 Å². The summed E-state index contributed by atoms with van der Waals surface area (Å²) in [5.74, 6) is -0.306. The summed E-state index contributed by atoms with van der Waals surface area (Å²) in [4.78, 5) is 24.6. The van der Waals surface area contributed by atoms with Gasteiger partial charge in [-0.15, -0.1) is 0 Å². The Bertz CT molecular complexity index is 863. The second kappa shape index (κ2) is 5.25. The SMILES string of the molecule is COc1oc(=O)c2ccccc2c1C(=O)c1ccccc1. The van der Waals surface area contributed by atoms with Gasteiger partial charge in [0.15, 0.2) is 0 Å². The first-order chi connectivity index (χ1) is 10.2. The van der Waals surface area contributed by atoms with Gasteiger partial charge in [0.1, 0.15) is 5.56 Å². The van der Waals surface area contributed by atoms with Gasteiger partial charge < -0.3 is 9.15 Å². The van der Waals surface area contributed by atoms with Crippen LogP contribution < -0.4 is 10.4 Å². The summed E-state index contributed by atoms with van der Waals surface area (Å²) in [6.07, 6.45) is 0. The van der Waals surface area contributed by atoms with Crippen molar-refractivity contribution < 1.29 is 13.9 Å². The van der Waals surface area contributed by atoms with E-state index < -0.39 is 5.63 Å². The zero-order valence-electron chi connectivity index (χ0n) is 11.3. The van der Waals surface area contributed by atoms with E-state index in [0.717, 1.165) is 0 Å². The number of ketones is 1. The number of carbonyl (C=O) groups is 1. The minimum atomic E-state index is -0.521. The van der Waals surface area contributed by atoms with Crippen LogP contribution in [0, 0.1) is 0 Å². The lowest BCUT2D eigenvalue weighted by atomic mass is 9.99. The molecule has 4 nitrogen and oxygen atoms in total. The summed E-state index contributed by atoms with van der Waals surface area (Å²) in [7, 11) is 1.37. The Morgan fingerprint density at radius 2 is 1.57 bits per heavy atom. The maximum Gasteiger partial charge on any atom is 0.346 e. The Hall–Kier alpha value is -2.88. The first kappa shape index (κ1) is 13.1. The maximum absolute atomic E-state index is 12.7. The molecule has 1 heterocycles. The second-order valence-corrected chi connectivity index (χ2v) is 4.50. The molecule has 0 spiro atoms. The lowest BCUT2D eigenvalue weighted by molar-refractivity contribution is 0.103. The van der Waals surface area contributed by atoms with E-state index in [1.54, 1.807) is 48.5 Å². The minimum Gasteiger partial charge on any atom is -0.468 e. The molecule has 3 aromatic rings. The van der Waals surface area contributed by atoms with Gasteiger partial charge in [0.05, 0.1) is 12.5 Å². The summed E-state index contributed by atoms with van der Waals surface area (Å²) < 4.78 is 10.2. The van der Waals surface area contributed by atoms with E-state index in [4.69, 9.17) is 9.15 Å². The standard InChI is InChI=1S/C17H12O4/c1-20-17-14(15(18)11-7-3-2-4-8-11)12-9-5-6-10-13(12)16(19)21-17/h2-10H,1H3. The first-order valence-corrected chi connectivity index (χ1v) is 6.42. The van der Waals surface area contributed by atoms with E-state index in [0.29, 0.717) is 16.3 Å². The fourth-order valence-electron chi connectivity index (χ4n) is 2.27. The quantitative estimate of drug-likeness (QED) is 0.692. The van der Waals surface area contributed by atoms with Crippen molar-refractivity contribution in [2.75, 3.05) is 7.11 Å². The van der Waals surface area contributed by atoms with E-state index in [1.807, 2.05) is 6.07 Å². The van der Waals surface area contributed by atoms with Crippen LogP contribution in [0.5, 0.6) is 5.95 Å². The molecule has 0 amide bonds. The van der Waals surface area contributed by atoms with E-state index in [-0.39, 0.29) is 17.3 Å². The van der Waals surface area contributed by atoms with E-state index >= 15 is 0 Å². The highest BCUT2D eigenvalue weighted by Crippen LogP contribution is 2.27. The highest BCUT2D eigenvalue weighted by atomic mass is 16.6. The molecular formula is C17H12O4. The molecule has 3 rings (SSSR count). The Kier molecular flexibility index (Phi) is 3.28. The zero-order valence-corrected chi connectivity index (χ0v) is 11.3. The molecule has 0 aliphatic heterocycles. The predicted molar refractivity (Wildman–Crippen MR) is 78.9 cm³/mol. The molecule has 0 fully saturated rings. The van der Waals surface area contributed by atoms with Crippen LogP contribution in [0.2, 0.25) is 0 Å². The molecule has 0 aliphatic rings. The molecule has 4 heteroatoms. The van der Waals surface area contributed by atoms with Crippen molar-refractivity contribution in [3.8, 4) is 5.95 Å². The monoisotopic (exact) mass is 280 g/mol. The smallest absolute Gasteiger partial charge is 0.346 e. The maximum atomic E-state index is 12.7. The third kappa shape index (κ3) is 2.21. The Balaban J connectivity index is 2.33. The van der Waals surface area contributed by atoms with E-state index in [9.17, 15) is 9.59 Å². The average molecular weight is 280 g/mol. The van der Waals surface area contributed by atoms with Gasteiger partial charge in [0.25, 0.3) is 5.95 Å². The third-order valence-corrected chi connectivity index (χ3v) is 3.25. The molecule has 0 N–H and O–H groups in total. The van der Waals surface area contributed by atoms with Crippen molar-refractivity contribution in [1.82, 2.24) is 0 Å². The molecule has 0 saturated heterocycles. The Morgan fingerprint density at radius 1 is 0.952 bits per heavy atom. The van der Waals surface area contributed by atoms with Crippen LogP contribution in [0.4, 0.5) is 0 Å². The van der Waals surface area contributed by atoms with Gasteiger partial charge in [-0.3, -0.25) is 4.79 Å². The van der Waals surface area contributed by atoms with Crippen molar-refractivity contribution >= 4 is 16.6 Å². The number of fused-ring (bicyclic) bond motifs is 1. The van der Waals surface area contributed by atoms with Crippen LogP contribution in [0.1, 0.15) is 15.9 Å². The molecule has 0 bridgehead atoms. The topological polar surface area (TPSA) is 56.5 Å². The normalized spacial score (nSPS) is 10.5. The number of hydrogen-bond acceptors (Lipinski definition) is 4. The lowest BCUT2D eigenvalue weighted by Crippen LogP contribution is -2.10. The van der Waals surface area contributed by atoms with Crippen LogP contribution in [0.15, 0.2) is 63.8 Å². The predicted octanol–water partition coefficient (Wildman–Crippen LogP) is 3.03. The number of carbonyl (C=O) groups excluding carboxylic acids is 1. The second-order valence-electron chi connectivity index (χ2n) is 4.50. The number of benzene rings is 2. The number of rotatable bonds is 3. The third-order valence-electron chi connectivity index (χ3n) is 3.25. The minimum absolute atomic E-state index is 0.0625. The molecule has 0 saturated carbocycles. The van der Waals surface area contributed by atoms with Gasteiger partial charge in [0, 0.05) is 10.9 Å². The summed E-state index contributed by atoms with van der Waals surface area (Å²) >= 11 is 0. The summed E-state index contributed by atoms with van der Waals surface area (Å²) in [5.41, 5.74) is 0.251. The van der Waals surface area contributed by atoms with Crippen molar-refractivity contribution in [3.63, 3.8) is 0 Å². The van der Waals surface area contributed by atoms with Gasteiger partial charge in [-0.25, -0.2) is 4.79 Å². The van der Waals surface area contributed by atoms with Crippen molar-refractivity contribution in [2.24, 2.45) is 0 Å². The largest absolute Gasteiger partial charge is 0.468 e. The first-order valence-electron chi connectivity index (χ1n) is 6.42. The summed E-state index contributed by atoms with van der Waals surface area (Å²) in [6.45, 7) is 0. The van der Waals surface area contributed by atoms with Crippen molar-refractivity contribution in [1.29, 1.82) is 0 Å². The Morgan fingerprint density at radius 3 is 2.24 bits per heavy atom. The zero-order chi connectivity index (χ0) is 14.8. The van der Waals surface area contributed by atoms with Gasteiger partial charge in [-0.1, -0.05) is 48.5 Å². The highest BCUT2D eigenvalue weighted by molar-refractivity contribution is 6.17. The average Bonchev–Trinajstić information content (AvgIpc) is 2.55. The highest BCUT2D eigenvalue weighted by Gasteiger charge is 2.21. The van der Waals surface area contributed by atoms with Gasteiger partial charge in [-0.2, -0.15) is 0 Å². The lowest BCUT2D eigenvalue weighted by Gasteiger charge is -2.09. The van der Waals surface area contributed by atoms with E-state index in [2.05, 4.69) is 0 Å². The fraction of sp³-hybridized carbons (Fsp3) is 0.0588. The van der Waals surface area contributed by atoms with Crippen LogP contribution in [-0.4, -0.2) is 12.9 Å². The molecule has 1 aromatic heterocycles. The summed E-state index contributed by atoms with van der Waals surface area (Å²) in [6, 6.07) is 15.6. The molecule has 0 radical (unpaired) electrons. The molecular weight excluding hydrogens is 268 g/mol. The number of hydrogen-bond donors (Lipinski definition) is 0.